The Labute approximate surface area is 223 Å². The lowest BCUT2D eigenvalue weighted by atomic mass is 9.87. The number of carbonyl (C=O) groups is 1. The van der Waals surface area contributed by atoms with Crippen molar-refractivity contribution in [3.63, 3.8) is 0 Å². The molecule has 4 aromatic rings. The van der Waals surface area contributed by atoms with Gasteiger partial charge in [-0.15, -0.1) is 0 Å². The first-order valence-electron chi connectivity index (χ1n) is 12.4. The summed E-state index contributed by atoms with van der Waals surface area (Å²) in [5.74, 6) is 0.785. The number of aliphatic imine (C=N–C) groups is 1. The van der Waals surface area contributed by atoms with Crippen LogP contribution in [-0.2, 0) is 10.3 Å². The Morgan fingerprint density at radius 2 is 1.45 bits per heavy atom. The molecule has 2 N–H and O–H groups in total. The van der Waals surface area contributed by atoms with E-state index in [9.17, 15) is 9.90 Å². The van der Waals surface area contributed by atoms with Crippen molar-refractivity contribution in [3.05, 3.63) is 120 Å². The highest BCUT2D eigenvalue weighted by molar-refractivity contribution is 8.15. The average molecular weight is 516 g/mol. The van der Waals surface area contributed by atoms with Gasteiger partial charge >= 0.3 is 0 Å². The summed E-state index contributed by atoms with van der Waals surface area (Å²) in [6.07, 6.45) is 0. The molecule has 184 valence electrons. The summed E-state index contributed by atoms with van der Waals surface area (Å²) in [5.41, 5.74) is 8.34. The van der Waals surface area contributed by atoms with Gasteiger partial charge < -0.3 is 5.11 Å². The largest absolute Gasteiger partial charge is 0.508 e. The lowest BCUT2D eigenvalue weighted by molar-refractivity contribution is -0.124. The standard InChI is InChI=1S/C30H21N5O2S/c36-20-16-14-18(15-17-20)25-26-27(32-34(25)19-8-2-1-3-9-19)35-29(38-26)31-28(37)30(33-35)23-12-6-4-10-21(23)22-11-5-7-13-24(22)30/h1-17,25-26,33,36H. The van der Waals surface area contributed by atoms with Crippen LogP contribution >= 0.6 is 11.8 Å². The predicted octanol–water partition coefficient (Wildman–Crippen LogP) is 5.01. The monoisotopic (exact) mass is 515 g/mol. The Morgan fingerprint density at radius 1 is 0.816 bits per heavy atom. The van der Waals surface area contributed by atoms with Gasteiger partial charge in [-0.25, -0.2) is 10.4 Å². The van der Waals surface area contributed by atoms with E-state index in [0.717, 1.165) is 39.3 Å². The van der Waals surface area contributed by atoms with Gasteiger partial charge in [-0.05, 0) is 52.1 Å². The molecule has 7 nitrogen and oxygen atoms in total. The van der Waals surface area contributed by atoms with Gasteiger partial charge in [0.2, 0.25) is 0 Å². The number of phenolic OH excluding ortho intramolecular Hbond substituents is 1. The van der Waals surface area contributed by atoms with E-state index in [1.54, 1.807) is 12.1 Å². The zero-order valence-corrected chi connectivity index (χ0v) is 20.8. The molecule has 8 rings (SSSR count). The molecule has 0 bridgehead atoms. The molecular formula is C30H21N5O2S. The SMILES string of the molecule is O=C1N=C2SC3C(=NN(c4ccccc4)C3c3ccc(O)cc3)N2NC12c1ccccc1-c1ccccc12. The second-order valence-corrected chi connectivity index (χ2v) is 10.8. The zero-order chi connectivity index (χ0) is 25.4. The van der Waals surface area contributed by atoms with Gasteiger partial charge in [0.1, 0.15) is 11.0 Å². The van der Waals surface area contributed by atoms with Crippen LogP contribution in [0, 0.1) is 0 Å². The number of rotatable bonds is 2. The number of hydrazone groups is 1. The molecule has 0 aromatic heterocycles. The van der Waals surface area contributed by atoms with E-state index in [0.29, 0.717) is 5.17 Å². The fourth-order valence-corrected chi connectivity index (χ4v) is 7.26. The summed E-state index contributed by atoms with van der Waals surface area (Å²) in [6, 6.07) is 33.2. The number of nitrogens with zero attached hydrogens (tertiary/aromatic N) is 4. The van der Waals surface area contributed by atoms with Crippen LogP contribution in [0.2, 0.25) is 0 Å². The van der Waals surface area contributed by atoms with E-state index in [4.69, 9.17) is 5.10 Å². The van der Waals surface area contributed by atoms with Crippen molar-refractivity contribution >= 4 is 34.4 Å². The highest BCUT2D eigenvalue weighted by Crippen LogP contribution is 2.52. The molecule has 4 aliphatic rings. The van der Waals surface area contributed by atoms with Gasteiger partial charge in [0, 0.05) is 0 Å². The van der Waals surface area contributed by atoms with Crippen molar-refractivity contribution in [1.82, 2.24) is 10.4 Å². The number of benzene rings is 4. The Morgan fingerprint density at radius 3 is 2.13 bits per heavy atom. The average Bonchev–Trinajstić information content (AvgIpc) is 3.58. The van der Waals surface area contributed by atoms with Crippen LogP contribution in [0.15, 0.2) is 113 Å². The number of hydrazine groups is 1. The normalized spacial score (nSPS) is 22.1. The molecule has 38 heavy (non-hydrogen) atoms. The second-order valence-electron chi connectivity index (χ2n) is 9.70. The van der Waals surface area contributed by atoms with Gasteiger partial charge in [-0.3, -0.25) is 9.80 Å². The maximum absolute atomic E-state index is 13.9. The molecule has 4 aromatic carbocycles. The zero-order valence-electron chi connectivity index (χ0n) is 20.0. The minimum Gasteiger partial charge on any atom is -0.508 e. The number of anilines is 1. The Kier molecular flexibility index (Phi) is 4.45. The Balaban J connectivity index is 1.28. The third kappa shape index (κ3) is 2.81. The molecule has 1 spiro atoms. The van der Waals surface area contributed by atoms with E-state index in [2.05, 4.69) is 22.6 Å². The maximum Gasteiger partial charge on any atom is 0.279 e. The van der Waals surface area contributed by atoms with Gasteiger partial charge in [0.25, 0.3) is 5.91 Å². The highest BCUT2D eigenvalue weighted by atomic mass is 32.2. The first-order valence-corrected chi connectivity index (χ1v) is 13.3. The van der Waals surface area contributed by atoms with Gasteiger partial charge in [-0.2, -0.15) is 10.1 Å². The maximum atomic E-state index is 13.9. The molecule has 0 saturated carbocycles. The minimum absolute atomic E-state index is 0.110. The second kappa shape index (κ2) is 7.80. The van der Waals surface area contributed by atoms with E-state index in [1.807, 2.05) is 88.9 Å². The first-order chi connectivity index (χ1) is 18.6. The number of carbonyl (C=O) groups excluding carboxylic acids is 1. The van der Waals surface area contributed by atoms with Crippen molar-refractivity contribution in [2.24, 2.45) is 10.1 Å². The number of nitrogens with one attached hydrogen (secondary N) is 1. The van der Waals surface area contributed by atoms with Crippen molar-refractivity contribution in [2.45, 2.75) is 16.8 Å². The number of fused-ring (bicyclic) bond motifs is 8. The Bertz CT molecular complexity index is 1640. The number of phenols is 1. The van der Waals surface area contributed by atoms with Crippen LogP contribution in [-0.4, -0.2) is 32.3 Å². The molecule has 1 amide bonds. The summed E-state index contributed by atoms with van der Waals surface area (Å²) >= 11 is 1.54. The molecular weight excluding hydrogens is 494 g/mol. The van der Waals surface area contributed by atoms with Crippen LogP contribution in [0.4, 0.5) is 5.69 Å². The molecule has 1 fully saturated rings. The quantitative estimate of drug-likeness (QED) is 0.391. The van der Waals surface area contributed by atoms with Crippen LogP contribution in [0.25, 0.3) is 11.1 Å². The van der Waals surface area contributed by atoms with Crippen molar-refractivity contribution in [1.29, 1.82) is 0 Å². The van der Waals surface area contributed by atoms with Gasteiger partial charge in [0.05, 0.1) is 11.7 Å². The summed E-state index contributed by atoms with van der Waals surface area (Å²) in [5, 5.41) is 19.5. The van der Waals surface area contributed by atoms with Gasteiger partial charge in [-0.1, -0.05) is 90.6 Å². The number of hydrogen-bond donors (Lipinski definition) is 2. The molecule has 1 saturated heterocycles. The summed E-state index contributed by atoms with van der Waals surface area (Å²) < 4.78 is 0. The number of hydrogen-bond acceptors (Lipinski definition) is 7. The molecule has 0 radical (unpaired) electrons. The highest BCUT2D eigenvalue weighted by Gasteiger charge is 2.58. The number of aromatic hydroxyl groups is 1. The Hall–Kier alpha value is -4.40. The van der Waals surface area contributed by atoms with Crippen LogP contribution < -0.4 is 10.4 Å². The lowest BCUT2D eigenvalue weighted by Crippen LogP contribution is -2.61. The van der Waals surface area contributed by atoms with Crippen molar-refractivity contribution < 1.29 is 9.90 Å². The number of thioether (sulfide) groups is 1. The fraction of sp³-hybridized carbons (Fsp3) is 0.100. The third-order valence-corrected chi connectivity index (χ3v) is 8.88. The van der Waals surface area contributed by atoms with E-state index >= 15 is 0 Å². The van der Waals surface area contributed by atoms with Crippen LogP contribution in [0.5, 0.6) is 5.75 Å². The predicted molar refractivity (Wildman–Crippen MR) is 149 cm³/mol. The molecule has 8 heteroatoms. The van der Waals surface area contributed by atoms with Crippen molar-refractivity contribution in [3.8, 4) is 16.9 Å². The van der Waals surface area contributed by atoms with Gasteiger partial charge in [0.15, 0.2) is 16.5 Å². The third-order valence-electron chi connectivity index (χ3n) is 7.67. The minimum atomic E-state index is -1.12. The smallest absolute Gasteiger partial charge is 0.279 e. The summed E-state index contributed by atoms with van der Waals surface area (Å²) in [6.45, 7) is 0. The number of amides is 1. The van der Waals surface area contributed by atoms with Crippen LogP contribution in [0.3, 0.4) is 0 Å². The van der Waals surface area contributed by atoms with E-state index < -0.39 is 5.54 Å². The molecule has 1 aliphatic carbocycles. The fourth-order valence-electron chi connectivity index (χ4n) is 5.99. The summed E-state index contributed by atoms with van der Waals surface area (Å²) in [4.78, 5) is 18.6. The molecule has 3 heterocycles. The first kappa shape index (κ1) is 21.7. The lowest BCUT2D eigenvalue weighted by Gasteiger charge is -2.37. The molecule has 3 aliphatic heterocycles. The summed E-state index contributed by atoms with van der Waals surface area (Å²) in [7, 11) is 0. The topological polar surface area (TPSA) is 80.5 Å². The number of para-hydroxylation sites is 1. The van der Waals surface area contributed by atoms with Crippen LogP contribution in [0.1, 0.15) is 22.7 Å². The van der Waals surface area contributed by atoms with Crippen molar-refractivity contribution in [2.75, 3.05) is 5.01 Å². The van der Waals surface area contributed by atoms with E-state index in [-0.39, 0.29) is 22.9 Å². The molecule has 2 unspecified atom stereocenters. The number of amidine groups is 2. The molecule has 2 atom stereocenters. The van der Waals surface area contributed by atoms with E-state index in [1.165, 1.54) is 11.8 Å².